The van der Waals surface area contributed by atoms with Crippen LogP contribution in [0.2, 0.25) is 10.0 Å². The summed E-state index contributed by atoms with van der Waals surface area (Å²) in [5, 5.41) is 1.21. The Morgan fingerprint density at radius 2 is 1.71 bits per heavy atom. The average molecular weight is 608 g/mol. The monoisotopic (exact) mass is 606 g/mol. The molecule has 2 amide bonds. The molecule has 0 bridgehead atoms. The maximum Gasteiger partial charge on any atom is 0.411 e. The summed E-state index contributed by atoms with van der Waals surface area (Å²) in [5.74, 6) is 0.566. The van der Waals surface area contributed by atoms with Crippen molar-refractivity contribution in [2.75, 3.05) is 62.2 Å². The third-order valence-electron chi connectivity index (χ3n) is 7.45. The van der Waals surface area contributed by atoms with Gasteiger partial charge in [-0.3, -0.25) is 14.6 Å². The van der Waals surface area contributed by atoms with Crippen LogP contribution in [-0.2, 0) is 9.53 Å². The molecule has 0 aliphatic carbocycles. The number of rotatable bonds is 13. The minimum atomic E-state index is -0.750. The van der Waals surface area contributed by atoms with Gasteiger partial charge in [0, 0.05) is 51.8 Å². The van der Waals surface area contributed by atoms with Crippen molar-refractivity contribution >= 4 is 46.6 Å². The maximum absolute atomic E-state index is 12.9. The van der Waals surface area contributed by atoms with E-state index >= 15 is 0 Å². The number of amides is 2. The summed E-state index contributed by atoms with van der Waals surface area (Å²) in [7, 11) is 0. The van der Waals surface area contributed by atoms with Crippen LogP contribution in [0.25, 0.3) is 0 Å². The molecule has 1 unspecified atom stereocenters. The molecule has 0 radical (unpaired) electrons. The van der Waals surface area contributed by atoms with Crippen LogP contribution in [-0.4, -0.2) is 80.4 Å². The van der Waals surface area contributed by atoms with E-state index in [0.717, 1.165) is 56.8 Å². The Bertz CT molecular complexity index is 1150. The summed E-state index contributed by atoms with van der Waals surface area (Å²) in [5.41, 5.74) is 2.59. The highest BCUT2D eigenvalue weighted by atomic mass is 35.5. The number of piperazine rings is 1. The predicted molar refractivity (Wildman–Crippen MR) is 168 cm³/mol. The van der Waals surface area contributed by atoms with Gasteiger partial charge in [0.05, 0.1) is 28.0 Å². The van der Waals surface area contributed by atoms with Gasteiger partial charge >= 0.3 is 6.09 Å². The van der Waals surface area contributed by atoms with Crippen molar-refractivity contribution in [3.63, 3.8) is 0 Å². The lowest BCUT2D eigenvalue weighted by Crippen LogP contribution is -2.46. The molecule has 1 heterocycles. The Morgan fingerprint density at radius 3 is 2.37 bits per heavy atom. The van der Waals surface area contributed by atoms with E-state index < -0.39 is 12.3 Å². The highest BCUT2D eigenvalue weighted by Crippen LogP contribution is 2.33. The molecule has 1 aliphatic heterocycles. The first-order valence-electron chi connectivity index (χ1n) is 14.6. The smallest absolute Gasteiger partial charge is 0.411 e. The van der Waals surface area contributed by atoms with Crippen molar-refractivity contribution in [3.8, 4) is 5.75 Å². The second-order valence-electron chi connectivity index (χ2n) is 10.2. The Kier molecular flexibility index (Phi) is 12.9. The molecule has 10 heteroatoms. The minimum Gasteiger partial charge on any atom is -0.494 e. The van der Waals surface area contributed by atoms with Gasteiger partial charge in [-0.2, -0.15) is 0 Å². The van der Waals surface area contributed by atoms with E-state index in [2.05, 4.69) is 9.80 Å². The van der Waals surface area contributed by atoms with Crippen LogP contribution in [0.5, 0.6) is 5.75 Å². The molecule has 41 heavy (non-hydrogen) atoms. The molecule has 2 aromatic carbocycles. The molecule has 8 nitrogen and oxygen atoms in total. The molecular formula is C31H44Cl2N4O4. The summed E-state index contributed by atoms with van der Waals surface area (Å²) in [6.07, 6.45) is 1.04. The molecule has 1 aliphatic rings. The summed E-state index contributed by atoms with van der Waals surface area (Å²) in [4.78, 5) is 33.4. The lowest BCUT2D eigenvalue weighted by molar-refractivity contribution is -0.120. The molecule has 2 aromatic rings. The number of benzene rings is 2. The number of hydrogen-bond donors (Lipinski definition) is 0. The number of nitrogens with zero attached hydrogens (tertiary/aromatic N) is 4. The molecule has 0 spiro atoms. The molecule has 1 fully saturated rings. The molecule has 1 atom stereocenters. The highest BCUT2D eigenvalue weighted by molar-refractivity contribution is 6.43. The highest BCUT2D eigenvalue weighted by Gasteiger charge is 2.27. The van der Waals surface area contributed by atoms with Crippen molar-refractivity contribution in [3.05, 3.63) is 52.0 Å². The van der Waals surface area contributed by atoms with Gasteiger partial charge in [0.2, 0.25) is 5.91 Å². The fourth-order valence-corrected chi connectivity index (χ4v) is 5.39. The number of hydrogen-bond acceptors (Lipinski definition) is 6. The molecule has 0 saturated carbocycles. The second-order valence-corrected chi connectivity index (χ2v) is 11.0. The van der Waals surface area contributed by atoms with Gasteiger partial charge in [0.1, 0.15) is 5.75 Å². The van der Waals surface area contributed by atoms with Gasteiger partial charge in [-0.05, 0) is 70.8 Å². The Balaban J connectivity index is 1.50. The van der Waals surface area contributed by atoms with Crippen molar-refractivity contribution in [2.45, 2.75) is 60.1 Å². The van der Waals surface area contributed by atoms with Crippen molar-refractivity contribution < 1.29 is 19.1 Å². The van der Waals surface area contributed by atoms with E-state index in [0.29, 0.717) is 41.2 Å². The van der Waals surface area contributed by atoms with E-state index in [1.807, 2.05) is 57.2 Å². The van der Waals surface area contributed by atoms with Gasteiger partial charge in [0.15, 0.2) is 6.23 Å². The SMILES string of the molecule is CCC(=O)N(c1cc(OCCCCN2CCN(c3cccc(Cl)c3Cl)CC2)ccc1C)C(C)OC(=O)N(CC)CC. The van der Waals surface area contributed by atoms with E-state index in [4.69, 9.17) is 32.7 Å². The molecule has 1 saturated heterocycles. The molecular weight excluding hydrogens is 563 g/mol. The molecule has 0 aromatic heterocycles. The Hall–Kier alpha value is -2.68. The van der Waals surface area contributed by atoms with Gasteiger partial charge in [-0.25, -0.2) is 4.79 Å². The van der Waals surface area contributed by atoms with Crippen LogP contribution >= 0.6 is 23.2 Å². The third-order valence-corrected chi connectivity index (χ3v) is 8.26. The summed E-state index contributed by atoms with van der Waals surface area (Å²) < 4.78 is 11.8. The quantitative estimate of drug-likeness (QED) is 0.183. The van der Waals surface area contributed by atoms with Crippen molar-refractivity contribution in [1.29, 1.82) is 0 Å². The fourth-order valence-electron chi connectivity index (χ4n) is 4.97. The number of carbonyl (C=O) groups is 2. The van der Waals surface area contributed by atoms with E-state index in [1.54, 1.807) is 23.6 Å². The van der Waals surface area contributed by atoms with Crippen molar-refractivity contribution in [1.82, 2.24) is 9.80 Å². The summed E-state index contributed by atoms with van der Waals surface area (Å²) >= 11 is 12.6. The summed E-state index contributed by atoms with van der Waals surface area (Å²) in [6.45, 7) is 15.7. The van der Waals surface area contributed by atoms with Gasteiger partial charge < -0.3 is 19.3 Å². The molecule has 226 valence electrons. The van der Waals surface area contributed by atoms with Gasteiger partial charge in [-0.1, -0.05) is 42.3 Å². The number of ether oxygens (including phenoxy) is 2. The van der Waals surface area contributed by atoms with Crippen LogP contribution in [0.3, 0.4) is 0 Å². The normalized spacial score (nSPS) is 14.5. The largest absolute Gasteiger partial charge is 0.494 e. The van der Waals surface area contributed by atoms with Crippen LogP contribution in [0.4, 0.5) is 16.2 Å². The lowest BCUT2D eigenvalue weighted by atomic mass is 10.1. The predicted octanol–water partition coefficient (Wildman–Crippen LogP) is 6.85. The van der Waals surface area contributed by atoms with E-state index in [9.17, 15) is 9.59 Å². The zero-order chi connectivity index (χ0) is 29.9. The standard InChI is InChI=1S/C31H44Cl2N4O4/c1-6-29(38)37(24(5)41-31(39)35(7-2)8-3)28-22-25(15-14-23(28)4)40-21-10-9-16-34-17-19-36(20-18-34)27-13-11-12-26(32)30(27)33/h11-15,22,24H,6-10,16-21H2,1-5H3. The number of anilines is 2. The van der Waals surface area contributed by atoms with Crippen LogP contribution < -0.4 is 14.5 Å². The zero-order valence-electron chi connectivity index (χ0n) is 25.0. The number of halogens is 2. The fraction of sp³-hybridized carbons (Fsp3) is 0.548. The minimum absolute atomic E-state index is 0.122. The Morgan fingerprint density at radius 1 is 1.00 bits per heavy atom. The van der Waals surface area contributed by atoms with Gasteiger partial charge in [-0.15, -0.1) is 0 Å². The maximum atomic E-state index is 12.9. The first kappa shape index (κ1) is 32.8. The third kappa shape index (κ3) is 8.90. The Labute approximate surface area is 255 Å². The first-order valence-corrected chi connectivity index (χ1v) is 15.4. The molecule has 0 N–H and O–H groups in total. The number of unbranched alkanes of at least 4 members (excludes halogenated alkanes) is 1. The molecule has 3 rings (SSSR count). The summed E-state index contributed by atoms with van der Waals surface area (Å²) in [6, 6.07) is 11.5. The van der Waals surface area contributed by atoms with E-state index in [1.165, 1.54) is 0 Å². The zero-order valence-corrected chi connectivity index (χ0v) is 26.5. The van der Waals surface area contributed by atoms with Crippen molar-refractivity contribution in [2.24, 2.45) is 0 Å². The second kappa shape index (κ2) is 16.1. The van der Waals surface area contributed by atoms with Crippen LogP contribution in [0.1, 0.15) is 52.5 Å². The average Bonchev–Trinajstić information content (AvgIpc) is 2.96. The van der Waals surface area contributed by atoms with Gasteiger partial charge in [0.25, 0.3) is 0 Å². The first-order chi connectivity index (χ1) is 19.7. The number of carbonyl (C=O) groups excluding carboxylic acids is 2. The van der Waals surface area contributed by atoms with E-state index in [-0.39, 0.29) is 12.3 Å². The topological polar surface area (TPSA) is 65.6 Å². The van der Waals surface area contributed by atoms with Crippen LogP contribution in [0, 0.1) is 6.92 Å². The lowest BCUT2D eigenvalue weighted by Gasteiger charge is -2.36. The number of aryl methyl sites for hydroxylation is 1. The van der Waals surface area contributed by atoms with Crippen LogP contribution in [0.15, 0.2) is 36.4 Å².